The Morgan fingerprint density at radius 1 is 1.03 bits per heavy atom. The molecule has 1 fully saturated rings. The molecule has 5 rings (SSSR count). The van der Waals surface area contributed by atoms with Crippen LogP contribution in [0.5, 0.6) is 0 Å². The number of rotatable bonds is 6. The van der Waals surface area contributed by atoms with Crippen LogP contribution >= 0.6 is 0 Å². The predicted molar refractivity (Wildman–Crippen MR) is 130 cm³/mol. The number of carboxylic acid groups (broad SMARTS) is 1. The fourth-order valence-electron chi connectivity index (χ4n) is 4.71. The number of carboxylic acids is 1. The van der Waals surface area contributed by atoms with E-state index in [4.69, 9.17) is 0 Å². The first-order valence-corrected chi connectivity index (χ1v) is 11.7. The van der Waals surface area contributed by atoms with E-state index in [-0.39, 0.29) is 45.8 Å². The van der Waals surface area contributed by atoms with Gasteiger partial charge in [-0.25, -0.2) is 27.9 Å². The van der Waals surface area contributed by atoms with Crippen LogP contribution in [0.15, 0.2) is 48.8 Å². The van der Waals surface area contributed by atoms with Crippen molar-refractivity contribution in [3.05, 3.63) is 77.4 Å². The SMILES string of the molecule is O=C(O)c1ccccc1C(=O)N[C@@H]1CCC[C@H](Nc2nc(-c3c[nH]c4c(F)cc(F)cc34)ncc2F)C1. The Balaban J connectivity index is 1.32. The van der Waals surface area contributed by atoms with Crippen LogP contribution in [-0.4, -0.2) is 44.0 Å². The maximum atomic E-state index is 14.6. The number of aromatic carboxylic acids is 1. The molecule has 8 nitrogen and oxygen atoms in total. The zero-order chi connectivity index (χ0) is 26.1. The predicted octanol–water partition coefficient (Wildman–Crippen LogP) is 4.89. The van der Waals surface area contributed by atoms with Gasteiger partial charge in [-0.05, 0) is 43.9 Å². The molecule has 0 bridgehead atoms. The van der Waals surface area contributed by atoms with Gasteiger partial charge in [-0.1, -0.05) is 12.1 Å². The molecular formula is C26H22F3N5O3. The molecule has 2 aromatic carbocycles. The molecule has 2 aromatic heterocycles. The van der Waals surface area contributed by atoms with Gasteiger partial charge in [0.25, 0.3) is 5.91 Å². The van der Waals surface area contributed by atoms with E-state index in [0.29, 0.717) is 24.8 Å². The fraction of sp³-hybridized carbons (Fsp3) is 0.231. The van der Waals surface area contributed by atoms with Crippen LogP contribution in [0.3, 0.4) is 0 Å². The van der Waals surface area contributed by atoms with Gasteiger partial charge in [-0.15, -0.1) is 0 Å². The first-order chi connectivity index (χ1) is 17.8. The molecule has 190 valence electrons. The number of H-pyrrole nitrogens is 1. The van der Waals surface area contributed by atoms with Gasteiger partial charge in [-0.3, -0.25) is 4.79 Å². The van der Waals surface area contributed by atoms with E-state index in [2.05, 4.69) is 25.6 Å². The van der Waals surface area contributed by atoms with E-state index in [0.717, 1.165) is 24.8 Å². The van der Waals surface area contributed by atoms with Gasteiger partial charge >= 0.3 is 5.97 Å². The third-order valence-electron chi connectivity index (χ3n) is 6.44. The van der Waals surface area contributed by atoms with Crippen molar-refractivity contribution in [2.75, 3.05) is 5.32 Å². The summed E-state index contributed by atoms with van der Waals surface area (Å²) in [5, 5.41) is 15.5. The van der Waals surface area contributed by atoms with Gasteiger partial charge < -0.3 is 20.7 Å². The standard InChI is InChI=1S/C26H22F3N5O3/c27-13-8-18-19(11-30-22(18)20(28)9-13)23-31-12-21(29)24(34-23)32-14-4-3-5-15(10-14)33-25(35)16-6-1-2-7-17(16)26(36)37/h1-2,6-9,11-12,14-15,30H,3-5,10H2,(H,33,35)(H,36,37)(H,31,32,34)/t14-,15+/m0/s1. The highest BCUT2D eigenvalue weighted by atomic mass is 19.1. The molecule has 0 saturated heterocycles. The normalized spacial score (nSPS) is 17.5. The van der Waals surface area contributed by atoms with E-state index in [1.807, 2.05) is 0 Å². The highest BCUT2D eigenvalue weighted by Crippen LogP contribution is 2.30. The molecule has 37 heavy (non-hydrogen) atoms. The Bertz CT molecular complexity index is 1510. The minimum absolute atomic E-state index is 0.0653. The zero-order valence-corrected chi connectivity index (χ0v) is 19.4. The van der Waals surface area contributed by atoms with Crippen molar-refractivity contribution < 1.29 is 27.9 Å². The lowest BCUT2D eigenvalue weighted by Crippen LogP contribution is -2.42. The molecule has 0 unspecified atom stereocenters. The van der Waals surface area contributed by atoms with Crippen LogP contribution in [-0.2, 0) is 0 Å². The molecular weight excluding hydrogens is 487 g/mol. The quantitative estimate of drug-likeness (QED) is 0.294. The number of carbonyl (C=O) groups is 2. The highest BCUT2D eigenvalue weighted by Gasteiger charge is 2.26. The molecule has 11 heteroatoms. The summed E-state index contributed by atoms with van der Waals surface area (Å²) in [4.78, 5) is 35.2. The van der Waals surface area contributed by atoms with Gasteiger partial charge in [0.05, 0.1) is 22.8 Å². The minimum atomic E-state index is -1.19. The number of fused-ring (bicyclic) bond motifs is 1. The van der Waals surface area contributed by atoms with Crippen LogP contribution < -0.4 is 10.6 Å². The van der Waals surface area contributed by atoms with E-state index in [1.165, 1.54) is 18.3 Å². The summed E-state index contributed by atoms with van der Waals surface area (Å²) >= 11 is 0. The van der Waals surface area contributed by atoms with Crippen LogP contribution in [0.25, 0.3) is 22.3 Å². The van der Waals surface area contributed by atoms with Crippen molar-refractivity contribution in [3.8, 4) is 11.4 Å². The Morgan fingerprint density at radius 3 is 2.57 bits per heavy atom. The van der Waals surface area contributed by atoms with Crippen LogP contribution in [0.4, 0.5) is 19.0 Å². The minimum Gasteiger partial charge on any atom is -0.478 e. The fourth-order valence-corrected chi connectivity index (χ4v) is 4.71. The molecule has 4 N–H and O–H groups in total. The maximum Gasteiger partial charge on any atom is 0.336 e. The Hall–Kier alpha value is -4.41. The zero-order valence-electron chi connectivity index (χ0n) is 19.4. The molecule has 0 aliphatic heterocycles. The second kappa shape index (κ2) is 9.92. The van der Waals surface area contributed by atoms with Crippen LogP contribution in [0.2, 0.25) is 0 Å². The van der Waals surface area contributed by atoms with Crippen molar-refractivity contribution >= 4 is 28.6 Å². The van der Waals surface area contributed by atoms with Crippen molar-refractivity contribution in [1.82, 2.24) is 20.3 Å². The molecule has 0 spiro atoms. The van der Waals surface area contributed by atoms with Gasteiger partial charge in [0.15, 0.2) is 17.5 Å². The first kappa shape index (κ1) is 24.3. The molecule has 2 atom stereocenters. The summed E-state index contributed by atoms with van der Waals surface area (Å²) in [6.07, 6.45) is 5.01. The number of aromatic amines is 1. The molecule has 1 saturated carbocycles. The van der Waals surface area contributed by atoms with Crippen LogP contribution in [0, 0.1) is 17.5 Å². The second-order valence-electron chi connectivity index (χ2n) is 8.93. The summed E-state index contributed by atoms with van der Waals surface area (Å²) in [6, 6.07) is 7.40. The van der Waals surface area contributed by atoms with Gasteiger partial charge in [0.2, 0.25) is 0 Å². The highest BCUT2D eigenvalue weighted by molar-refractivity contribution is 6.04. The maximum absolute atomic E-state index is 14.6. The Morgan fingerprint density at radius 2 is 1.78 bits per heavy atom. The summed E-state index contributed by atoms with van der Waals surface area (Å²) in [5.41, 5.74) is 0.401. The van der Waals surface area contributed by atoms with Crippen molar-refractivity contribution in [1.29, 1.82) is 0 Å². The number of amides is 1. The number of carbonyl (C=O) groups excluding carboxylic acids is 1. The Kier molecular flexibility index (Phi) is 6.51. The number of aromatic nitrogens is 3. The molecule has 1 aliphatic rings. The summed E-state index contributed by atoms with van der Waals surface area (Å²) in [7, 11) is 0. The molecule has 1 amide bonds. The number of anilines is 1. The van der Waals surface area contributed by atoms with Crippen molar-refractivity contribution in [3.63, 3.8) is 0 Å². The number of hydrogen-bond acceptors (Lipinski definition) is 5. The topological polar surface area (TPSA) is 120 Å². The molecule has 0 radical (unpaired) electrons. The summed E-state index contributed by atoms with van der Waals surface area (Å²) in [6.45, 7) is 0. The van der Waals surface area contributed by atoms with Crippen LogP contribution in [0.1, 0.15) is 46.4 Å². The van der Waals surface area contributed by atoms with E-state index < -0.39 is 29.3 Å². The monoisotopic (exact) mass is 509 g/mol. The smallest absolute Gasteiger partial charge is 0.336 e. The average Bonchev–Trinajstić information content (AvgIpc) is 3.30. The number of halogens is 3. The van der Waals surface area contributed by atoms with Gasteiger partial charge in [-0.2, -0.15) is 0 Å². The van der Waals surface area contributed by atoms with Gasteiger partial charge in [0, 0.05) is 35.3 Å². The lowest BCUT2D eigenvalue weighted by atomic mass is 9.90. The lowest BCUT2D eigenvalue weighted by Gasteiger charge is -2.31. The third kappa shape index (κ3) is 4.97. The van der Waals surface area contributed by atoms with E-state index in [1.54, 1.807) is 12.1 Å². The largest absolute Gasteiger partial charge is 0.478 e. The first-order valence-electron chi connectivity index (χ1n) is 11.7. The third-order valence-corrected chi connectivity index (χ3v) is 6.44. The number of benzene rings is 2. The summed E-state index contributed by atoms with van der Waals surface area (Å²) < 4.78 is 42.5. The molecule has 1 aliphatic carbocycles. The molecule has 2 heterocycles. The average molecular weight is 509 g/mol. The number of nitrogens with zero attached hydrogens (tertiary/aromatic N) is 2. The summed E-state index contributed by atoms with van der Waals surface area (Å²) in [5.74, 6) is -3.86. The lowest BCUT2D eigenvalue weighted by molar-refractivity contribution is 0.0690. The second-order valence-corrected chi connectivity index (χ2v) is 8.93. The van der Waals surface area contributed by atoms with E-state index in [9.17, 15) is 27.9 Å². The Labute approximate surface area is 209 Å². The number of hydrogen-bond donors (Lipinski definition) is 4. The van der Waals surface area contributed by atoms with E-state index >= 15 is 0 Å². The van der Waals surface area contributed by atoms with Crippen molar-refractivity contribution in [2.24, 2.45) is 0 Å². The molecule has 4 aromatic rings. The van der Waals surface area contributed by atoms with Crippen molar-refractivity contribution in [2.45, 2.75) is 37.8 Å². The van der Waals surface area contributed by atoms with Gasteiger partial charge in [0.1, 0.15) is 11.6 Å². The number of nitrogens with one attached hydrogen (secondary N) is 3.